The maximum absolute atomic E-state index is 9.02. The number of aliphatic hydroxyl groups is 1. The quantitative estimate of drug-likeness (QED) is 0.762. The highest BCUT2D eigenvalue weighted by Gasteiger charge is 2.16. The summed E-state index contributed by atoms with van der Waals surface area (Å²) in [6, 6.07) is 16.8. The van der Waals surface area contributed by atoms with E-state index < -0.39 is 0 Å². The predicted molar refractivity (Wildman–Crippen MR) is 106 cm³/mol. The molecule has 3 rings (SSSR count). The Morgan fingerprint density at radius 3 is 2.12 bits per heavy atom. The smallest absolute Gasteiger partial charge is 0.118 e. The lowest BCUT2D eigenvalue weighted by atomic mass is 10.1. The SMILES string of the molecule is COc1ccc(CNc2ccc(CN3CCN(CCO)CC3)cc2)cc1. The Bertz CT molecular complexity index is 650. The van der Waals surface area contributed by atoms with Gasteiger partial charge in [-0.2, -0.15) is 0 Å². The second-order valence-corrected chi connectivity index (χ2v) is 6.74. The Hall–Kier alpha value is -2.08. The molecule has 0 bridgehead atoms. The third kappa shape index (κ3) is 5.46. The third-order valence-electron chi connectivity index (χ3n) is 4.90. The van der Waals surface area contributed by atoms with Crippen LogP contribution in [-0.4, -0.2) is 61.3 Å². The van der Waals surface area contributed by atoms with Crippen molar-refractivity contribution in [3.63, 3.8) is 0 Å². The molecule has 0 atom stereocenters. The van der Waals surface area contributed by atoms with E-state index >= 15 is 0 Å². The zero-order valence-electron chi connectivity index (χ0n) is 15.5. The molecule has 1 heterocycles. The average Bonchev–Trinajstić information content (AvgIpc) is 2.69. The van der Waals surface area contributed by atoms with Gasteiger partial charge in [0, 0.05) is 51.5 Å². The number of aliphatic hydroxyl groups excluding tert-OH is 1. The summed E-state index contributed by atoms with van der Waals surface area (Å²) < 4.78 is 5.19. The molecule has 1 saturated heterocycles. The summed E-state index contributed by atoms with van der Waals surface area (Å²) in [6.07, 6.45) is 0. The van der Waals surface area contributed by atoms with Crippen molar-refractivity contribution in [1.82, 2.24) is 9.80 Å². The van der Waals surface area contributed by atoms with Gasteiger partial charge in [-0.3, -0.25) is 9.80 Å². The molecule has 2 aromatic carbocycles. The highest BCUT2D eigenvalue weighted by atomic mass is 16.5. The summed E-state index contributed by atoms with van der Waals surface area (Å²) >= 11 is 0. The van der Waals surface area contributed by atoms with Crippen LogP contribution in [0.4, 0.5) is 5.69 Å². The molecule has 2 aromatic rings. The van der Waals surface area contributed by atoms with Gasteiger partial charge in [0.2, 0.25) is 0 Å². The van der Waals surface area contributed by atoms with Gasteiger partial charge in [0.25, 0.3) is 0 Å². The molecular formula is C21H29N3O2. The summed E-state index contributed by atoms with van der Waals surface area (Å²) in [6.45, 7) is 7.06. The standard InChI is InChI=1S/C21H29N3O2/c1-26-21-8-4-18(5-9-21)16-22-20-6-2-19(3-7-20)17-24-12-10-23(11-13-24)14-15-25/h2-9,22,25H,10-17H2,1H3. The van der Waals surface area contributed by atoms with Crippen LogP contribution in [0.25, 0.3) is 0 Å². The second kappa shape index (κ2) is 9.57. The fourth-order valence-corrected chi connectivity index (χ4v) is 3.25. The molecule has 1 aliphatic heterocycles. The molecule has 140 valence electrons. The van der Waals surface area contributed by atoms with Crippen molar-refractivity contribution in [3.8, 4) is 5.75 Å². The Morgan fingerprint density at radius 1 is 0.885 bits per heavy atom. The van der Waals surface area contributed by atoms with Crippen molar-refractivity contribution in [1.29, 1.82) is 0 Å². The van der Waals surface area contributed by atoms with Gasteiger partial charge in [-0.15, -0.1) is 0 Å². The van der Waals surface area contributed by atoms with Gasteiger partial charge >= 0.3 is 0 Å². The summed E-state index contributed by atoms with van der Waals surface area (Å²) in [7, 11) is 1.68. The molecule has 2 N–H and O–H groups in total. The van der Waals surface area contributed by atoms with Crippen molar-refractivity contribution < 1.29 is 9.84 Å². The number of methoxy groups -OCH3 is 1. The number of ether oxygens (including phenoxy) is 1. The highest BCUT2D eigenvalue weighted by Crippen LogP contribution is 2.15. The Labute approximate surface area is 156 Å². The van der Waals surface area contributed by atoms with Crippen LogP contribution in [0.2, 0.25) is 0 Å². The van der Waals surface area contributed by atoms with Gasteiger partial charge in [-0.05, 0) is 35.4 Å². The summed E-state index contributed by atoms with van der Waals surface area (Å²) in [5, 5.41) is 12.5. The molecule has 0 aliphatic carbocycles. The first-order valence-corrected chi connectivity index (χ1v) is 9.28. The predicted octanol–water partition coefficient (Wildman–Crippen LogP) is 2.42. The normalized spacial score (nSPS) is 15.8. The van der Waals surface area contributed by atoms with Crippen molar-refractivity contribution in [3.05, 3.63) is 59.7 Å². The third-order valence-corrected chi connectivity index (χ3v) is 4.90. The van der Waals surface area contributed by atoms with E-state index in [1.807, 2.05) is 12.1 Å². The second-order valence-electron chi connectivity index (χ2n) is 6.74. The molecule has 0 unspecified atom stereocenters. The first-order valence-electron chi connectivity index (χ1n) is 9.28. The van der Waals surface area contributed by atoms with E-state index in [2.05, 4.69) is 51.5 Å². The maximum Gasteiger partial charge on any atom is 0.118 e. The molecule has 5 heteroatoms. The van der Waals surface area contributed by atoms with Crippen LogP contribution in [0.5, 0.6) is 5.75 Å². The molecule has 0 aromatic heterocycles. The highest BCUT2D eigenvalue weighted by molar-refractivity contribution is 5.45. The van der Waals surface area contributed by atoms with Gasteiger partial charge < -0.3 is 15.2 Å². The van der Waals surface area contributed by atoms with Crippen LogP contribution in [-0.2, 0) is 13.1 Å². The number of benzene rings is 2. The lowest BCUT2D eigenvalue weighted by molar-refractivity contribution is 0.108. The Morgan fingerprint density at radius 2 is 1.50 bits per heavy atom. The lowest BCUT2D eigenvalue weighted by Gasteiger charge is -2.34. The van der Waals surface area contributed by atoms with E-state index in [1.54, 1.807) is 7.11 Å². The van der Waals surface area contributed by atoms with Crippen LogP contribution in [0.1, 0.15) is 11.1 Å². The summed E-state index contributed by atoms with van der Waals surface area (Å²) in [5.74, 6) is 0.885. The summed E-state index contributed by atoms with van der Waals surface area (Å²) in [5.41, 5.74) is 3.71. The first-order chi connectivity index (χ1) is 12.8. The number of anilines is 1. The van der Waals surface area contributed by atoms with E-state index in [9.17, 15) is 0 Å². The van der Waals surface area contributed by atoms with Crippen LogP contribution in [0.3, 0.4) is 0 Å². The van der Waals surface area contributed by atoms with E-state index in [0.29, 0.717) is 0 Å². The van der Waals surface area contributed by atoms with E-state index in [-0.39, 0.29) is 6.61 Å². The molecular weight excluding hydrogens is 326 g/mol. The number of β-amino-alcohol motifs (C(OH)–C–C–N with tert-alkyl or cyclic N) is 1. The monoisotopic (exact) mass is 355 g/mol. The number of hydrogen-bond acceptors (Lipinski definition) is 5. The van der Waals surface area contributed by atoms with E-state index in [1.165, 1.54) is 11.1 Å². The molecule has 0 saturated carbocycles. The van der Waals surface area contributed by atoms with Gasteiger partial charge in [0.15, 0.2) is 0 Å². The average molecular weight is 355 g/mol. The molecule has 1 fully saturated rings. The van der Waals surface area contributed by atoms with Gasteiger partial charge in [-0.25, -0.2) is 0 Å². The maximum atomic E-state index is 9.02. The van der Waals surface area contributed by atoms with Crippen molar-refractivity contribution in [2.45, 2.75) is 13.1 Å². The zero-order chi connectivity index (χ0) is 18.2. The first kappa shape index (κ1) is 18.7. The molecule has 0 amide bonds. The molecule has 0 radical (unpaired) electrons. The topological polar surface area (TPSA) is 48.0 Å². The number of hydrogen-bond donors (Lipinski definition) is 2. The van der Waals surface area contributed by atoms with Crippen molar-refractivity contribution >= 4 is 5.69 Å². The van der Waals surface area contributed by atoms with Crippen molar-refractivity contribution in [2.75, 3.05) is 51.8 Å². The number of rotatable bonds is 8. The van der Waals surface area contributed by atoms with Crippen LogP contribution in [0.15, 0.2) is 48.5 Å². The van der Waals surface area contributed by atoms with Crippen molar-refractivity contribution in [2.24, 2.45) is 0 Å². The minimum atomic E-state index is 0.255. The number of piperazine rings is 1. The Kier molecular flexibility index (Phi) is 6.89. The van der Waals surface area contributed by atoms with E-state index in [4.69, 9.17) is 9.84 Å². The molecule has 1 aliphatic rings. The fourth-order valence-electron chi connectivity index (χ4n) is 3.25. The lowest BCUT2D eigenvalue weighted by Crippen LogP contribution is -2.46. The molecule has 0 spiro atoms. The van der Waals surface area contributed by atoms with Gasteiger partial charge in [-0.1, -0.05) is 24.3 Å². The van der Waals surface area contributed by atoms with Crippen LogP contribution >= 0.6 is 0 Å². The van der Waals surface area contributed by atoms with Crippen LogP contribution < -0.4 is 10.1 Å². The van der Waals surface area contributed by atoms with E-state index in [0.717, 1.165) is 57.3 Å². The molecule has 5 nitrogen and oxygen atoms in total. The Balaban J connectivity index is 1.44. The summed E-state index contributed by atoms with van der Waals surface area (Å²) in [4.78, 5) is 4.80. The number of nitrogens with zero attached hydrogens (tertiary/aromatic N) is 2. The zero-order valence-corrected chi connectivity index (χ0v) is 15.5. The largest absolute Gasteiger partial charge is 0.497 e. The van der Waals surface area contributed by atoms with Crippen LogP contribution in [0, 0.1) is 0 Å². The minimum Gasteiger partial charge on any atom is -0.497 e. The van der Waals surface area contributed by atoms with Gasteiger partial charge in [0.05, 0.1) is 13.7 Å². The van der Waals surface area contributed by atoms with Gasteiger partial charge in [0.1, 0.15) is 5.75 Å². The minimum absolute atomic E-state index is 0.255. The molecule has 26 heavy (non-hydrogen) atoms. The number of nitrogens with one attached hydrogen (secondary N) is 1. The fraction of sp³-hybridized carbons (Fsp3) is 0.429.